The average molecular weight is 371 g/mol. The number of amides is 2. The molecular formula is C16H23ClN4O4. The van der Waals surface area contributed by atoms with E-state index in [1.807, 2.05) is 20.8 Å². The Morgan fingerprint density at radius 1 is 1.40 bits per heavy atom. The van der Waals surface area contributed by atoms with Gasteiger partial charge >= 0.3 is 6.09 Å². The highest BCUT2D eigenvalue weighted by Crippen LogP contribution is 2.24. The summed E-state index contributed by atoms with van der Waals surface area (Å²) < 4.78 is 5.32. The maximum Gasteiger partial charge on any atom is 0.410 e. The van der Waals surface area contributed by atoms with Gasteiger partial charge < -0.3 is 15.0 Å². The number of nitrogens with one attached hydrogen (secondary N) is 1. The van der Waals surface area contributed by atoms with Crippen LogP contribution in [0.2, 0.25) is 5.15 Å². The van der Waals surface area contributed by atoms with Gasteiger partial charge in [-0.2, -0.15) is 0 Å². The Labute approximate surface area is 152 Å². The molecule has 25 heavy (non-hydrogen) atoms. The monoisotopic (exact) mass is 370 g/mol. The number of carbonyl (C=O) groups is 2. The van der Waals surface area contributed by atoms with Crippen LogP contribution in [0.15, 0.2) is 12.3 Å². The van der Waals surface area contributed by atoms with Crippen molar-refractivity contribution in [1.82, 2.24) is 14.9 Å². The molecule has 0 aliphatic carbocycles. The van der Waals surface area contributed by atoms with Gasteiger partial charge in [-0.15, -0.1) is 0 Å². The summed E-state index contributed by atoms with van der Waals surface area (Å²) in [6, 6.07) is 1.57. The molecule has 1 aliphatic rings. The van der Waals surface area contributed by atoms with Crippen LogP contribution in [-0.2, 0) is 9.57 Å². The van der Waals surface area contributed by atoms with Crippen LogP contribution in [-0.4, -0.2) is 65.8 Å². The van der Waals surface area contributed by atoms with Gasteiger partial charge in [0.1, 0.15) is 10.8 Å². The van der Waals surface area contributed by atoms with Gasteiger partial charge in [-0.05, 0) is 26.8 Å². The number of anilines is 1. The lowest BCUT2D eigenvalue weighted by Gasteiger charge is -2.40. The Kier molecular flexibility index (Phi) is 5.74. The van der Waals surface area contributed by atoms with Crippen molar-refractivity contribution in [3.63, 3.8) is 0 Å². The third kappa shape index (κ3) is 4.96. The zero-order valence-corrected chi connectivity index (χ0v) is 15.8. The van der Waals surface area contributed by atoms with Crippen LogP contribution in [0.3, 0.4) is 0 Å². The van der Waals surface area contributed by atoms with Crippen LogP contribution < -0.4 is 5.32 Å². The summed E-state index contributed by atoms with van der Waals surface area (Å²) in [4.78, 5) is 34.7. The molecule has 0 radical (unpaired) electrons. The summed E-state index contributed by atoms with van der Waals surface area (Å²) in [6.07, 6.45) is 1.04. The van der Waals surface area contributed by atoms with Crippen molar-refractivity contribution in [1.29, 1.82) is 0 Å². The number of hydroxylamine groups is 2. The van der Waals surface area contributed by atoms with E-state index in [1.54, 1.807) is 11.0 Å². The number of halogens is 1. The second-order valence-corrected chi connectivity index (χ2v) is 7.15. The van der Waals surface area contributed by atoms with Crippen LogP contribution in [0, 0.1) is 0 Å². The minimum absolute atomic E-state index is 0.00890. The fraction of sp³-hybridized carbons (Fsp3) is 0.562. The van der Waals surface area contributed by atoms with E-state index in [4.69, 9.17) is 21.2 Å². The van der Waals surface area contributed by atoms with Gasteiger partial charge in [0.15, 0.2) is 0 Å². The molecule has 0 bridgehead atoms. The molecule has 1 fully saturated rings. The summed E-state index contributed by atoms with van der Waals surface area (Å²) in [7, 11) is 2.91. The molecule has 2 heterocycles. The highest BCUT2D eigenvalue weighted by Gasteiger charge is 2.34. The smallest absolute Gasteiger partial charge is 0.410 e. The molecule has 9 heteroatoms. The lowest BCUT2D eigenvalue weighted by atomic mass is 10.1. The number of pyridine rings is 1. The molecular weight excluding hydrogens is 348 g/mol. The number of ether oxygens (including phenoxy) is 1. The fourth-order valence-corrected chi connectivity index (χ4v) is 2.40. The van der Waals surface area contributed by atoms with Crippen molar-refractivity contribution in [2.75, 3.05) is 32.6 Å². The summed E-state index contributed by atoms with van der Waals surface area (Å²) in [5.41, 5.74) is 0.352. The highest BCUT2D eigenvalue weighted by atomic mass is 35.5. The number of hydrogen-bond donors (Lipinski definition) is 1. The molecule has 8 nitrogen and oxygen atoms in total. The predicted octanol–water partition coefficient (Wildman–Crippen LogP) is 2.40. The van der Waals surface area contributed by atoms with E-state index in [1.165, 1.54) is 20.4 Å². The van der Waals surface area contributed by atoms with E-state index in [0.717, 1.165) is 5.06 Å². The molecule has 0 spiro atoms. The van der Waals surface area contributed by atoms with Gasteiger partial charge in [-0.3, -0.25) is 9.63 Å². The van der Waals surface area contributed by atoms with Crippen molar-refractivity contribution >= 4 is 29.3 Å². The fourth-order valence-electron chi connectivity index (χ4n) is 2.24. The van der Waals surface area contributed by atoms with Crippen LogP contribution in [0.5, 0.6) is 0 Å². The van der Waals surface area contributed by atoms with Crippen LogP contribution in [0.1, 0.15) is 31.1 Å². The second-order valence-electron chi connectivity index (χ2n) is 6.76. The summed E-state index contributed by atoms with van der Waals surface area (Å²) in [5, 5.41) is 4.59. The largest absolute Gasteiger partial charge is 0.444 e. The molecule has 1 aromatic heterocycles. The van der Waals surface area contributed by atoms with Gasteiger partial charge in [0.2, 0.25) is 0 Å². The summed E-state index contributed by atoms with van der Waals surface area (Å²) >= 11 is 5.94. The minimum atomic E-state index is -0.529. The molecule has 2 amide bonds. The van der Waals surface area contributed by atoms with E-state index in [-0.39, 0.29) is 23.2 Å². The van der Waals surface area contributed by atoms with E-state index < -0.39 is 5.60 Å². The van der Waals surface area contributed by atoms with Gasteiger partial charge in [0.05, 0.1) is 24.4 Å². The normalized spacial score (nSPS) is 14.7. The van der Waals surface area contributed by atoms with E-state index in [9.17, 15) is 9.59 Å². The second kappa shape index (κ2) is 7.45. The van der Waals surface area contributed by atoms with Crippen LogP contribution in [0.25, 0.3) is 0 Å². The lowest BCUT2D eigenvalue weighted by molar-refractivity contribution is -0.0756. The molecule has 0 atom stereocenters. The Morgan fingerprint density at radius 3 is 2.60 bits per heavy atom. The number of aromatic nitrogens is 1. The first kappa shape index (κ1) is 19.3. The topological polar surface area (TPSA) is 84.0 Å². The average Bonchev–Trinajstić information content (AvgIpc) is 2.47. The molecule has 0 aromatic carbocycles. The Bertz CT molecular complexity index is 656. The van der Waals surface area contributed by atoms with Gasteiger partial charge in [0.25, 0.3) is 5.91 Å². The number of carbonyl (C=O) groups excluding carboxylic acids is 2. The molecule has 0 saturated carbocycles. The molecule has 138 valence electrons. The van der Waals surface area contributed by atoms with Gasteiger partial charge in [0, 0.05) is 26.3 Å². The molecule has 1 saturated heterocycles. The third-order valence-corrected chi connectivity index (χ3v) is 3.76. The summed E-state index contributed by atoms with van der Waals surface area (Å²) in [6.45, 7) is 6.42. The Balaban J connectivity index is 2.01. The van der Waals surface area contributed by atoms with Crippen LogP contribution >= 0.6 is 11.6 Å². The standard InChI is InChI=1S/C16H23ClN4O4/c1-16(2,3)25-15(23)21-8-10(9-21)19-12-6-13(17)18-7-11(12)14(22)20(4)24-5/h6-7,10H,8-9H2,1-5H3,(H,18,19). The minimum Gasteiger partial charge on any atom is -0.444 e. The van der Waals surface area contributed by atoms with Crippen molar-refractivity contribution in [2.45, 2.75) is 32.4 Å². The summed E-state index contributed by atoms with van der Waals surface area (Å²) in [5.74, 6) is -0.350. The molecule has 1 aromatic rings. The zero-order valence-electron chi connectivity index (χ0n) is 15.0. The maximum atomic E-state index is 12.3. The van der Waals surface area contributed by atoms with E-state index in [0.29, 0.717) is 24.3 Å². The zero-order chi connectivity index (χ0) is 18.8. The first-order valence-corrected chi connectivity index (χ1v) is 8.20. The van der Waals surface area contributed by atoms with E-state index in [2.05, 4.69) is 10.3 Å². The Morgan fingerprint density at radius 2 is 2.04 bits per heavy atom. The number of nitrogens with zero attached hydrogens (tertiary/aromatic N) is 3. The van der Waals surface area contributed by atoms with Crippen molar-refractivity contribution in [2.24, 2.45) is 0 Å². The number of rotatable bonds is 4. The quantitative estimate of drug-likeness (QED) is 0.647. The highest BCUT2D eigenvalue weighted by molar-refractivity contribution is 6.29. The SMILES string of the molecule is CON(C)C(=O)c1cnc(Cl)cc1NC1CN(C(=O)OC(C)(C)C)C1. The predicted molar refractivity (Wildman–Crippen MR) is 93.6 cm³/mol. The van der Waals surface area contributed by atoms with Gasteiger partial charge in [-0.25, -0.2) is 14.8 Å². The first-order chi connectivity index (χ1) is 11.6. The lowest BCUT2D eigenvalue weighted by Crippen LogP contribution is -2.58. The third-order valence-electron chi connectivity index (χ3n) is 3.55. The molecule has 0 unspecified atom stereocenters. The molecule has 1 N–H and O–H groups in total. The van der Waals surface area contributed by atoms with E-state index >= 15 is 0 Å². The van der Waals surface area contributed by atoms with Crippen molar-refractivity contribution < 1.29 is 19.2 Å². The first-order valence-electron chi connectivity index (χ1n) is 7.83. The van der Waals surface area contributed by atoms with Crippen LogP contribution in [0.4, 0.5) is 10.5 Å². The van der Waals surface area contributed by atoms with Crippen molar-refractivity contribution in [3.8, 4) is 0 Å². The number of hydrogen-bond acceptors (Lipinski definition) is 6. The maximum absolute atomic E-state index is 12.3. The molecule has 1 aliphatic heterocycles. The van der Waals surface area contributed by atoms with Crippen molar-refractivity contribution in [3.05, 3.63) is 23.0 Å². The Hall–Kier alpha value is -2.06. The number of likely N-dealkylation sites (tertiary alicyclic amines) is 1. The van der Waals surface area contributed by atoms with Gasteiger partial charge in [-0.1, -0.05) is 11.6 Å². The molecule has 2 rings (SSSR count).